The molecule has 2 rings (SSSR count). The number of hydrogen-bond donors (Lipinski definition) is 2. The first kappa shape index (κ1) is 12.6. The van der Waals surface area contributed by atoms with Crippen molar-refractivity contribution in [2.75, 3.05) is 6.54 Å². The lowest BCUT2D eigenvalue weighted by atomic mass is 9.91. The van der Waals surface area contributed by atoms with Gasteiger partial charge in [-0.15, -0.1) is 0 Å². The maximum absolute atomic E-state index is 10.3. The molecule has 0 spiro atoms. The Morgan fingerprint density at radius 1 is 1.06 bits per heavy atom. The van der Waals surface area contributed by atoms with Gasteiger partial charge in [0, 0.05) is 0 Å². The number of nitrogens with one attached hydrogen (secondary N) is 1. The van der Waals surface area contributed by atoms with Crippen LogP contribution in [0.2, 0.25) is 0 Å². The van der Waals surface area contributed by atoms with Gasteiger partial charge in [0.15, 0.2) is 0 Å². The molecular weight excluding hydrogens is 210 g/mol. The molecule has 0 amide bonds. The van der Waals surface area contributed by atoms with Gasteiger partial charge < -0.3 is 5.11 Å². The van der Waals surface area contributed by atoms with E-state index in [-0.39, 0.29) is 0 Å². The van der Waals surface area contributed by atoms with E-state index in [0.29, 0.717) is 0 Å². The topological polar surface area (TPSA) is 32.3 Å². The van der Waals surface area contributed by atoms with E-state index in [0.717, 1.165) is 45.1 Å². The fourth-order valence-electron chi connectivity index (χ4n) is 2.57. The van der Waals surface area contributed by atoms with Crippen molar-refractivity contribution < 1.29 is 5.11 Å². The molecule has 0 heterocycles. The van der Waals surface area contributed by atoms with E-state index < -0.39 is 5.72 Å². The maximum Gasteiger partial charge on any atom is 0.116 e. The van der Waals surface area contributed by atoms with Gasteiger partial charge in [0.05, 0.1) is 0 Å². The molecule has 0 aliphatic heterocycles. The van der Waals surface area contributed by atoms with Gasteiger partial charge in [-0.2, -0.15) is 0 Å². The second kappa shape index (κ2) is 6.18. The van der Waals surface area contributed by atoms with Gasteiger partial charge in [0.2, 0.25) is 0 Å². The number of aryl methyl sites for hydroxylation is 1. The van der Waals surface area contributed by atoms with Gasteiger partial charge in [-0.25, -0.2) is 0 Å². The summed E-state index contributed by atoms with van der Waals surface area (Å²) in [6, 6.07) is 10.5. The molecule has 1 aromatic rings. The second-order valence-corrected chi connectivity index (χ2v) is 5.11. The molecule has 1 fully saturated rings. The Hall–Kier alpha value is -0.860. The van der Waals surface area contributed by atoms with Crippen LogP contribution in [-0.2, 0) is 6.42 Å². The number of benzene rings is 1. The van der Waals surface area contributed by atoms with Gasteiger partial charge in [-0.3, -0.25) is 5.32 Å². The summed E-state index contributed by atoms with van der Waals surface area (Å²) in [5.74, 6) is 0. The van der Waals surface area contributed by atoms with E-state index in [1.807, 2.05) is 6.07 Å². The van der Waals surface area contributed by atoms with Gasteiger partial charge in [0.1, 0.15) is 5.72 Å². The average molecular weight is 233 g/mol. The largest absolute Gasteiger partial charge is 0.376 e. The first-order chi connectivity index (χ1) is 8.29. The van der Waals surface area contributed by atoms with Crippen LogP contribution in [0.15, 0.2) is 30.3 Å². The highest BCUT2D eigenvalue weighted by Gasteiger charge is 2.27. The smallest absolute Gasteiger partial charge is 0.116 e. The molecule has 17 heavy (non-hydrogen) atoms. The Bertz CT molecular complexity index is 317. The molecule has 0 saturated heterocycles. The van der Waals surface area contributed by atoms with Crippen molar-refractivity contribution in [3.05, 3.63) is 35.9 Å². The van der Waals surface area contributed by atoms with Crippen LogP contribution in [0.5, 0.6) is 0 Å². The molecule has 1 aliphatic carbocycles. The monoisotopic (exact) mass is 233 g/mol. The third-order valence-corrected chi connectivity index (χ3v) is 3.62. The quantitative estimate of drug-likeness (QED) is 0.605. The van der Waals surface area contributed by atoms with Crippen LogP contribution in [0.25, 0.3) is 0 Å². The molecule has 0 atom stereocenters. The van der Waals surface area contributed by atoms with E-state index >= 15 is 0 Å². The molecule has 2 nitrogen and oxygen atoms in total. The van der Waals surface area contributed by atoms with Gasteiger partial charge >= 0.3 is 0 Å². The van der Waals surface area contributed by atoms with Crippen LogP contribution >= 0.6 is 0 Å². The van der Waals surface area contributed by atoms with Gasteiger partial charge in [-0.1, -0.05) is 36.8 Å². The highest BCUT2D eigenvalue weighted by atomic mass is 16.3. The molecule has 2 N–H and O–H groups in total. The van der Waals surface area contributed by atoms with Gasteiger partial charge in [-0.05, 0) is 50.6 Å². The Morgan fingerprint density at radius 3 is 2.47 bits per heavy atom. The van der Waals surface area contributed by atoms with Crippen molar-refractivity contribution in [2.24, 2.45) is 0 Å². The van der Waals surface area contributed by atoms with E-state index in [1.165, 1.54) is 12.0 Å². The Morgan fingerprint density at radius 2 is 1.76 bits per heavy atom. The Kier molecular flexibility index (Phi) is 4.57. The normalized spacial score (nSPS) is 19.1. The molecule has 0 radical (unpaired) electrons. The van der Waals surface area contributed by atoms with Crippen LogP contribution in [0.4, 0.5) is 0 Å². The standard InChI is InChI=1S/C15H23NO/c17-15(11-5-2-6-12-15)16-13-7-10-14-8-3-1-4-9-14/h1,3-4,8-9,16-17H,2,5-7,10-13H2. The summed E-state index contributed by atoms with van der Waals surface area (Å²) in [6.07, 6.45) is 7.59. The van der Waals surface area contributed by atoms with E-state index in [1.54, 1.807) is 0 Å². The minimum absolute atomic E-state index is 0.574. The van der Waals surface area contributed by atoms with E-state index in [9.17, 15) is 5.11 Å². The number of aliphatic hydroxyl groups is 1. The van der Waals surface area contributed by atoms with Gasteiger partial charge in [0.25, 0.3) is 0 Å². The summed E-state index contributed by atoms with van der Waals surface area (Å²) >= 11 is 0. The van der Waals surface area contributed by atoms with Crippen LogP contribution in [-0.4, -0.2) is 17.4 Å². The van der Waals surface area contributed by atoms with Crippen molar-refractivity contribution in [3.63, 3.8) is 0 Å². The molecule has 1 aromatic carbocycles. The zero-order valence-corrected chi connectivity index (χ0v) is 10.5. The summed E-state index contributed by atoms with van der Waals surface area (Å²) in [5, 5.41) is 13.6. The SMILES string of the molecule is OC1(NCCCc2ccccc2)CCCCC1. The van der Waals surface area contributed by atoms with Crippen LogP contribution in [0.1, 0.15) is 44.1 Å². The highest BCUT2D eigenvalue weighted by molar-refractivity contribution is 5.14. The maximum atomic E-state index is 10.3. The molecule has 1 saturated carbocycles. The fourth-order valence-corrected chi connectivity index (χ4v) is 2.57. The average Bonchev–Trinajstić information content (AvgIpc) is 2.37. The van der Waals surface area contributed by atoms with Crippen molar-refractivity contribution in [3.8, 4) is 0 Å². The zero-order valence-electron chi connectivity index (χ0n) is 10.5. The predicted octanol–water partition coefficient (Wildman–Crippen LogP) is 2.86. The molecule has 0 unspecified atom stereocenters. The van der Waals surface area contributed by atoms with E-state index in [2.05, 4.69) is 29.6 Å². The van der Waals surface area contributed by atoms with Crippen molar-refractivity contribution in [1.29, 1.82) is 0 Å². The highest BCUT2D eigenvalue weighted by Crippen LogP contribution is 2.25. The fraction of sp³-hybridized carbons (Fsp3) is 0.600. The third kappa shape index (κ3) is 4.14. The summed E-state index contributed by atoms with van der Waals surface area (Å²) in [5.41, 5.74) is 0.805. The van der Waals surface area contributed by atoms with Crippen LogP contribution < -0.4 is 5.32 Å². The third-order valence-electron chi connectivity index (χ3n) is 3.62. The molecule has 94 valence electrons. The molecule has 0 bridgehead atoms. The minimum Gasteiger partial charge on any atom is -0.376 e. The van der Waals surface area contributed by atoms with E-state index in [4.69, 9.17) is 0 Å². The second-order valence-electron chi connectivity index (χ2n) is 5.11. The molecule has 0 aromatic heterocycles. The van der Waals surface area contributed by atoms with Crippen LogP contribution in [0.3, 0.4) is 0 Å². The lowest BCUT2D eigenvalue weighted by Crippen LogP contribution is -2.47. The van der Waals surface area contributed by atoms with Crippen molar-refractivity contribution in [2.45, 2.75) is 50.7 Å². The predicted molar refractivity (Wildman–Crippen MR) is 70.8 cm³/mol. The molecule has 2 heteroatoms. The lowest BCUT2D eigenvalue weighted by Gasteiger charge is -2.33. The Balaban J connectivity index is 1.66. The first-order valence-corrected chi connectivity index (χ1v) is 6.80. The summed E-state index contributed by atoms with van der Waals surface area (Å²) < 4.78 is 0. The lowest BCUT2D eigenvalue weighted by molar-refractivity contribution is -0.0276. The summed E-state index contributed by atoms with van der Waals surface area (Å²) in [4.78, 5) is 0. The molecular formula is C15H23NO. The van der Waals surface area contributed by atoms with Crippen molar-refractivity contribution >= 4 is 0 Å². The minimum atomic E-state index is -0.574. The van der Waals surface area contributed by atoms with Crippen molar-refractivity contribution in [1.82, 2.24) is 5.32 Å². The Labute approximate surface area is 104 Å². The summed E-state index contributed by atoms with van der Waals surface area (Å²) in [6.45, 7) is 0.908. The molecule has 1 aliphatic rings. The number of hydrogen-bond acceptors (Lipinski definition) is 2. The first-order valence-electron chi connectivity index (χ1n) is 6.80. The number of rotatable bonds is 5. The summed E-state index contributed by atoms with van der Waals surface area (Å²) in [7, 11) is 0. The van der Waals surface area contributed by atoms with Crippen LogP contribution in [0, 0.1) is 0 Å². The zero-order chi connectivity index (χ0) is 12.0.